The highest BCUT2D eigenvalue weighted by Gasteiger charge is 2.18. The van der Waals surface area contributed by atoms with Crippen LogP contribution in [0.3, 0.4) is 0 Å². The Morgan fingerprint density at radius 2 is 1.90 bits per heavy atom. The van der Waals surface area contributed by atoms with Gasteiger partial charge in [-0.3, -0.25) is 4.90 Å². The number of aromatic nitrogens is 2. The van der Waals surface area contributed by atoms with Gasteiger partial charge in [0.1, 0.15) is 11.6 Å². The molecule has 0 radical (unpaired) electrons. The molecule has 6 heteroatoms. The lowest BCUT2D eigenvalue weighted by molar-refractivity contribution is 0.151. The second kappa shape index (κ2) is 6.83. The van der Waals surface area contributed by atoms with E-state index in [0.29, 0.717) is 11.4 Å². The van der Waals surface area contributed by atoms with Gasteiger partial charge in [0.05, 0.1) is 5.69 Å². The van der Waals surface area contributed by atoms with E-state index in [2.05, 4.69) is 45.4 Å². The quantitative estimate of drug-likeness (QED) is 0.892. The Labute approximate surface area is 126 Å². The zero-order valence-electron chi connectivity index (χ0n) is 13.3. The minimum Gasteiger partial charge on any atom is -0.364 e. The van der Waals surface area contributed by atoms with Gasteiger partial charge < -0.3 is 10.2 Å². The Morgan fingerprint density at radius 1 is 1.24 bits per heavy atom. The summed E-state index contributed by atoms with van der Waals surface area (Å²) in [5, 5.41) is 20.9. The number of likely N-dealkylation sites (N-methyl/N-ethyl adjacent to an activating group) is 1. The molecule has 1 fully saturated rings. The summed E-state index contributed by atoms with van der Waals surface area (Å²) in [5.41, 5.74) is 2.32. The lowest BCUT2D eigenvalue weighted by atomic mass is 10.1. The Hall–Kier alpha value is -1.71. The Balaban J connectivity index is 1.98. The van der Waals surface area contributed by atoms with Crippen LogP contribution in [-0.4, -0.2) is 65.8 Å². The van der Waals surface area contributed by atoms with Crippen molar-refractivity contribution in [2.24, 2.45) is 0 Å². The highest BCUT2D eigenvalue weighted by molar-refractivity contribution is 5.56. The maximum absolute atomic E-state index is 9.31. The van der Waals surface area contributed by atoms with Crippen LogP contribution >= 0.6 is 0 Å². The van der Waals surface area contributed by atoms with E-state index in [9.17, 15) is 5.26 Å². The maximum atomic E-state index is 9.31. The van der Waals surface area contributed by atoms with Gasteiger partial charge >= 0.3 is 0 Å². The summed E-state index contributed by atoms with van der Waals surface area (Å²) in [7, 11) is 2.16. The van der Waals surface area contributed by atoms with Gasteiger partial charge in [0.15, 0.2) is 5.82 Å². The number of hydrogen-bond acceptors (Lipinski definition) is 6. The smallest absolute Gasteiger partial charge is 0.167 e. The first kappa shape index (κ1) is 15.7. The molecule has 1 N–H and O–H groups in total. The molecule has 2 rings (SSSR count). The number of anilines is 1. The van der Waals surface area contributed by atoms with Gasteiger partial charge in [0.2, 0.25) is 0 Å². The second-order valence-electron chi connectivity index (χ2n) is 5.90. The van der Waals surface area contributed by atoms with Gasteiger partial charge in [-0.05, 0) is 33.4 Å². The summed E-state index contributed by atoms with van der Waals surface area (Å²) in [6.45, 7) is 11.3. The zero-order chi connectivity index (χ0) is 15.4. The minimum atomic E-state index is 0.233. The molecule has 0 aromatic carbocycles. The first-order valence-corrected chi connectivity index (χ1v) is 7.42. The molecule has 0 spiro atoms. The van der Waals surface area contributed by atoms with E-state index in [4.69, 9.17) is 0 Å². The van der Waals surface area contributed by atoms with Crippen molar-refractivity contribution in [1.82, 2.24) is 20.0 Å². The van der Waals surface area contributed by atoms with Crippen molar-refractivity contribution in [3.05, 3.63) is 16.8 Å². The van der Waals surface area contributed by atoms with Crippen LogP contribution in [-0.2, 0) is 0 Å². The topological polar surface area (TPSA) is 68.1 Å². The number of piperazine rings is 1. The third kappa shape index (κ3) is 3.90. The average Bonchev–Trinajstić information content (AvgIpc) is 2.46. The molecular weight excluding hydrogens is 264 g/mol. The summed E-state index contributed by atoms with van der Waals surface area (Å²) >= 11 is 0. The molecule has 2 heterocycles. The maximum Gasteiger partial charge on any atom is 0.167 e. The van der Waals surface area contributed by atoms with Gasteiger partial charge in [-0.15, -0.1) is 5.10 Å². The number of nitrogens with one attached hydrogen (secondary N) is 1. The van der Waals surface area contributed by atoms with Gasteiger partial charge in [-0.1, -0.05) is 0 Å². The van der Waals surface area contributed by atoms with Crippen LogP contribution in [0.1, 0.15) is 23.7 Å². The Morgan fingerprint density at radius 3 is 2.52 bits per heavy atom. The highest BCUT2D eigenvalue weighted by Crippen LogP contribution is 2.18. The molecular formula is C15H24N6. The predicted octanol–water partition coefficient (Wildman–Crippen LogP) is 1.01. The zero-order valence-corrected chi connectivity index (χ0v) is 13.3. The molecule has 1 aliphatic rings. The standard InChI is InChI=1S/C15H24N6/c1-11(10-21-7-5-20(4)6-8-21)17-15-14(9-16)12(2)13(3)18-19-15/h11H,5-8,10H2,1-4H3,(H,17,19). The van der Waals surface area contributed by atoms with Crippen molar-refractivity contribution in [2.75, 3.05) is 45.1 Å². The number of nitriles is 1. The van der Waals surface area contributed by atoms with E-state index in [0.717, 1.165) is 44.0 Å². The molecule has 21 heavy (non-hydrogen) atoms. The van der Waals surface area contributed by atoms with Crippen molar-refractivity contribution in [3.63, 3.8) is 0 Å². The van der Waals surface area contributed by atoms with Crippen LogP contribution in [0.25, 0.3) is 0 Å². The van der Waals surface area contributed by atoms with E-state index < -0.39 is 0 Å². The molecule has 1 aromatic rings. The van der Waals surface area contributed by atoms with Crippen molar-refractivity contribution >= 4 is 5.82 Å². The molecule has 1 atom stereocenters. The number of rotatable bonds is 4. The first-order chi connectivity index (χ1) is 10.0. The van der Waals surface area contributed by atoms with Gasteiger partial charge in [-0.2, -0.15) is 10.4 Å². The van der Waals surface area contributed by atoms with Crippen molar-refractivity contribution in [2.45, 2.75) is 26.8 Å². The molecule has 1 saturated heterocycles. The highest BCUT2D eigenvalue weighted by atomic mass is 15.3. The van der Waals surface area contributed by atoms with Crippen LogP contribution < -0.4 is 5.32 Å². The number of aryl methyl sites for hydroxylation is 1. The van der Waals surface area contributed by atoms with Gasteiger partial charge in [-0.25, -0.2) is 0 Å². The van der Waals surface area contributed by atoms with E-state index >= 15 is 0 Å². The molecule has 114 valence electrons. The van der Waals surface area contributed by atoms with Crippen LogP contribution in [0.5, 0.6) is 0 Å². The monoisotopic (exact) mass is 288 g/mol. The summed E-state index contributed by atoms with van der Waals surface area (Å²) in [4.78, 5) is 4.79. The van der Waals surface area contributed by atoms with Crippen LogP contribution in [0.15, 0.2) is 0 Å². The summed E-state index contributed by atoms with van der Waals surface area (Å²) < 4.78 is 0. The Kier molecular flexibility index (Phi) is 5.10. The molecule has 1 aliphatic heterocycles. The molecule has 0 amide bonds. The first-order valence-electron chi connectivity index (χ1n) is 7.42. The van der Waals surface area contributed by atoms with Crippen molar-refractivity contribution in [3.8, 4) is 6.07 Å². The average molecular weight is 288 g/mol. The lowest BCUT2D eigenvalue weighted by Crippen LogP contribution is -2.47. The Bertz CT molecular complexity index is 528. The normalized spacial score (nSPS) is 18.2. The number of hydrogen-bond donors (Lipinski definition) is 1. The van der Waals surface area contributed by atoms with E-state index in [1.165, 1.54) is 0 Å². The summed E-state index contributed by atoms with van der Waals surface area (Å²) in [6.07, 6.45) is 0. The number of nitrogens with zero attached hydrogens (tertiary/aromatic N) is 5. The molecule has 1 aromatic heterocycles. The van der Waals surface area contributed by atoms with E-state index in [1.54, 1.807) is 0 Å². The van der Waals surface area contributed by atoms with Gasteiger partial charge in [0, 0.05) is 38.8 Å². The fraction of sp³-hybridized carbons (Fsp3) is 0.667. The fourth-order valence-electron chi connectivity index (χ4n) is 2.54. The SMILES string of the molecule is Cc1nnc(NC(C)CN2CCN(C)CC2)c(C#N)c1C. The molecule has 1 unspecified atom stereocenters. The molecule has 6 nitrogen and oxygen atoms in total. The fourth-order valence-corrected chi connectivity index (χ4v) is 2.54. The summed E-state index contributed by atoms with van der Waals surface area (Å²) in [5.74, 6) is 0.599. The van der Waals surface area contributed by atoms with E-state index in [1.807, 2.05) is 13.8 Å². The minimum absolute atomic E-state index is 0.233. The molecule has 0 saturated carbocycles. The lowest BCUT2D eigenvalue weighted by Gasteiger charge is -2.34. The van der Waals surface area contributed by atoms with E-state index in [-0.39, 0.29) is 6.04 Å². The van der Waals surface area contributed by atoms with Gasteiger partial charge in [0.25, 0.3) is 0 Å². The van der Waals surface area contributed by atoms with Crippen molar-refractivity contribution < 1.29 is 0 Å². The molecule has 0 aliphatic carbocycles. The largest absolute Gasteiger partial charge is 0.364 e. The second-order valence-corrected chi connectivity index (χ2v) is 5.90. The van der Waals surface area contributed by atoms with Crippen LogP contribution in [0, 0.1) is 25.2 Å². The van der Waals surface area contributed by atoms with Crippen LogP contribution in [0.4, 0.5) is 5.82 Å². The summed E-state index contributed by atoms with van der Waals surface area (Å²) in [6, 6.07) is 2.47. The van der Waals surface area contributed by atoms with Crippen molar-refractivity contribution in [1.29, 1.82) is 5.26 Å². The third-order valence-corrected chi connectivity index (χ3v) is 4.08. The van der Waals surface area contributed by atoms with Crippen LogP contribution in [0.2, 0.25) is 0 Å². The third-order valence-electron chi connectivity index (χ3n) is 4.08. The predicted molar refractivity (Wildman–Crippen MR) is 83.2 cm³/mol. The molecule has 0 bridgehead atoms.